The molecule has 0 aliphatic heterocycles. The lowest BCUT2D eigenvalue weighted by Crippen LogP contribution is -2.30. The Morgan fingerprint density at radius 1 is 0.253 bits per heavy atom. The van der Waals surface area contributed by atoms with Crippen LogP contribution >= 0.6 is 0 Å². The maximum atomic E-state index is 12.9. The lowest BCUT2D eigenvalue weighted by molar-refractivity contribution is -0.166. The highest BCUT2D eigenvalue weighted by molar-refractivity contribution is 5.71. The van der Waals surface area contributed by atoms with E-state index in [1.807, 2.05) is 6.08 Å². The maximum Gasteiger partial charge on any atom is 0.306 e. The highest BCUT2D eigenvalue weighted by Gasteiger charge is 2.19. The van der Waals surface area contributed by atoms with Gasteiger partial charge in [-0.25, -0.2) is 0 Å². The zero-order valence-electron chi connectivity index (χ0n) is 55.5. The van der Waals surface area contributed by atoms with E-state index in [1.54, 1.807) is 0 Å². The highest BCUT2D eigenvalue weighted by atomic mass is 16.6. The summed E-state index contributed by atoms with van der Waals surface area (Å²) in [6.45, 7) is 6.51. The first-order chi connectivity index (χ1) is 41.0. The molecule has 0 saturated heterocycles. The van der Waals surface area contributed by atoms with Gasteiger partial charge in [0.05, 0.1) is 0 Å². The van der Waals surface area contributed by atoms with E-state index in [0.717, 1.165) is 64.2 Å². The van der Waals surface area contributed by atoms with Crippen LogP contribution in [0.3, 0.4) is 0 Å². The van der Waals surface area contributed by atoms with Crippen LogP contribution in [0, 0.1) is 0 Å². The molecule has 83 heavy (non-hydrogen) atoms. The van der Waals surface area contributed by atoms with Crippen molar-refractivity contribution < 1.29 is 28.6 Å². The van der Waals surface area contributed by atoms with Gasteiger partial charge in [-0.15, -0.1) is 0 Å². The van der Waals surface area contributed by atoms with Crippen molar-refractivity contribution in [2.24, 2.45) is 0 Å². The van der Waals surface area contributed by atoms with E-state index in [2.05, 4.69) is 87.6 Å². The highest BCUT2D eigenvalue weighted by Crippen LogP contribution is 2.18. The molecule has 0 aliphatic rings. The third-order valence-corrected chi connectivity index (χ3v) is 16.2. The molecule has 0 heterocycles. The maximum absolute atomic E-state index is 12.9. The first-order valence-electron chi connectivity index (χ1n) is 36.4. The van der Waals surface area contributed by atoms with Gasteiger partial charge in [-0.2, -0.15) is 0 Å². The smallest absolute Gasteiger partial charge is 0.306 e. The van der Waals surface area contributed by atoms with E-state index in [9.17, 15) is 14.4 Å². The SMILES string of the molecule is CC/C=C\C/C=C\C/C=C\C/C=C\CCC(=O)OCC(COC(=O)CCCCCCCCCCCCCCCCCCCCCCC/C=C\CCCCCCCCCC)OC(=O)CCCCCCCCCCC/C=C\CCCCCCCC. The summed E-state index contributed by atoms with van der Waals surface area (Å²) in [6.07, 6.45) is 94.0. The first-order valence-corrected chi connectivity index (χ1v) is 36.4. The van der Waals surface area contributed by atoms with Crippen molar-refractivity contribution in [3.63, 3.8) is 0 Å². The monoisotopic (exact) mass is 1160 g/mol. The third-order valence-electron chi connectivity index (χ3n) is 16.2. The zero-order chi connectivity index (χ0) is 59.9. The minimum absolute atomic E-state index is 0.0947. The Hall–Kier alpha value is -3.15. The first kappa shape index (κ1) is 79.8. The largest absolute Gasteiger partial charge is 0.462 e. The quantitative estimate of drug-likeness (QED) is 0.0261. The van der Waals surface area contributed by atoms with Gasteiger partial charge in [0.15, 0.2) is 6.10 Å². The molecule has 0 N–H and O–H groups in total. The standard InChI is InChI=1S/C77H138O6/c1-4-7-10-13-16-19-22-25-27-29-31-32-33-34-35-36-37-38-39-40-41-42-43-44-46-47-49-52-55-58-61-64-67-70-76(79)82-73-74(72-81-75(78)69-66-63-60-57-54-51-24-21-18-15-12-9-6-3)83-77(80)71-68-65-62-59-56-53-50-48-45-30-28-26-23-20-17-14-11-8-5-2/h9,12,18,21,26,28-29,31,51,54,60,63,74H,4-8,10-11,13-17,19-20,22-25,27,30,32-50,52-53,55-59,61-62,64-73H2,1-3H3/b12-9-,21-18-,28-26-,31-29-,54-51-,63-60-. The predicted octanol–water partition coefficient (Wildman–Crippen LogP) is 25.2. The number of allylic oxidation sites excluding steroid dienone is 12. The van der Waals surface area contributed by atoms with Crippen molar-refractivity contribution in [1.82, 2.24) is 0 Å². The third kappa shape index (κ3) is 69.5. The molecule has 0 spiro atoms. The molecule has 0 aromatic carbocycles. The van der Waals surface area contributed by atoms with Crippen LogP contribution in [0.5, 0.6) is 0 Å². The Bertz CT molecular complexity index is 1520. The second-order valence-electron chi connectivity index (χ2n) is 24.5. The van der Waals surface area contributed by atoms with Gasteiger partial charge in [0, 0.05) is 19.3 Å². The summed E-state index contributed by atoms with van der Waals surface area (Å²) in [7, 11) is 0. The van der Waals surface area contributed by atoms with Gasteiger partial charge in [0.25, 0.3) is 0 Å². The van der Waals surface area contributed by atoms with Gasteiger partial charge in [-0.3, -0.25) is 14.4 Å². The fraction of sp³-hybridized carbons (Fsp3) is 0.805. The van der Waals surface area contributed by atoms with Crippen LogP contribution in [-0.4, -0.2) is 37.2 Å². The fourth-order valence-corrected chi connectivity index (χ4v) is 10.7. The number of esters is 3. The van der Waals surface area contributed by atoms with Crippen LogP contribution in [0.25, 0.3) is 0 Å². The van der Waals surface area contributed by atoms with Gasteiger partial charge in [0.1, 0.15) is 13.2 Å². The molecule has 0 bridgehead atoms. The molecule has 0 fully saturated rings. The zero-order valence-corrected chi connectivity index (χ0v) is 55.5. The van der Waals surface area contributed by atoms with Gasteiger partial charge < -0.3 is 14.2 Å². The summed E-state index contributed by atoms with van der Waals surface area (Å²) >= 11 is 0. The van der Waals surface area contributed by atoms with E-state index in [1.165, 1.54) is 270 Å². The van der Waals surface area contributed by atoms with Crippen molar-refractivity contribution in [1.29, 1.82) is 0 Å². The average molecular weight is 1160 g/mol. The Balaban J connectivity index is 4.16. The number of hydrogen-bond donors (Lipinski definition) is 0. The second-order valence-corrected chi connectivity index (χ2v) is 24.5. The van der Waals surface area contributed by atoms with Gasteiger partial charge in [-0.05, 0) is 96.3 Å². The van der Waals surface area contributed by atoms with E-state index in [0.29, 0.717) is 19.3 Å². The molecule has 0 aromatic rings. The van der Waals surface area contributed by atoms with Crippen LogP contribution in [0.15, 0.2) is 72.9 Å². The molecule has 482 valence electrons. The van der Waals surface area contributed by atoms with Crippen molar-refractivity contribution in [3.8, 4) is 0 Å². The minimum atomic E-state index is -0.805. The molecule has 0 aliphatic carbocycles. The molecule has 0 radical (unpaired) electrons. The summed E-state index contributed by atoms with van der Waals surface area (Å²) in [4.78, 5) is 38.3. The van der Waals surface area contributed by atoms with Crippen LogP contribution in [0.2, 0.25) is 0 Å². The predicted molar refractivity (Wildman–Crippen MR) is 362 cm³/mol. The van der Waals surface area contributed by atoms with Crippen molar-refractivity contribution in [2.45, 2.75) is 386 Å². The number of carbonyl (C=O) groups excluding carboxylic acids is 3. The molecule has 6 nitrogen and oxygen atoms in total. The van der Waals surface area contributed by atoms with Crippen molar-refractivity contribution in [2.75, 3.05) is 13.2 Å². The van der Waals surface area contributed by atoms with Gasteiger partial charge >= 0.3 is 17.9 Å². The lowest BCUT2D eigenvalue weighted by Gasteiger charge is -2.18. The normalized spacial score (nSPS) is 12.5. The van der Waals surface area contributed by atoms with Gasteiger partial charge in [-0.1, -0.05) is 338 Å². The Kier molecular flexibility index (Phi) is 68.6. The number of carbonyl (C=O) groups is 3. The van der Waals surface area contributed by atoms with Crippen molar-refractivity contribution >= 4 is 17.9 Å². The van der Waals surface area contributed by atoms with E-state index in [4.69, 9.17) is 14.2 Å². The van der Waals surface area contributed by atoms with Crippen LogP contribution in [0.1, 0.15) is 380 Å². The molecule has 0 amide bonds. The number of unbranched alkanes of at least 4 members (excludes halogenated alkanes) is 44. The lowest BCUT2D eigenvalue weighted by atomic mass is 10.0. The van der Waals surface area contributed by atoms with E-state index >= 15 is 0 Å². The Morgan fingerprint density at radius 2 is 0.494 bits per heavy atom. The Morgan fingerprint density at radius 3 is 0.807 bits per heavy atom. The molecule has 6 heteroatoms. The second kappa shape index (κ2) is 71.3. The van der Waals surface area contributed by atoms with Crippen LogP contribution in [0.4, 0.5) is 0 Å². The molecule has 1 unspecified atom stereocenters. The average Bonchev–Trinajstić information content (AvgIpc) is 3.49. The number of ether oxygens (including phenoxy) is 3. The fourth-order valence-electron chi connectivity index (χ4n) is 10.7. The van der Waals surface area contributed by atoms with E-state index in [-0.39, 0.29) is 37.5 Å². The summed E-state index contributed by atoms with van der Waals surface area (Å²) < 4.78 is 16.9. The van der Waals surface area contributed by atoms with Gasteiger partial charge in [0.2, 0.25) is 0 Å². The molecular weight excluding hydrogens is 1020 g/mol. The van der Waals surface area contributed by atoms with E-state index < -0.39 is 6.10 Å². The Labute approximate surface area is 516 Å². The molecule has 1 atom stereocenters. The summed E-state index contributed by atoms with van der Waals surface area (Å²) in [5.74, 6) is -0.962. The molecule has 0 aromatic heterocycles. The summed E-state index contributed by atoms with van der Waals surface area (Å²) in [5.41, 5.74) is 0. The molecule has 0 saturated carbocycles. The summed E-state index contributed by atoms with van der Waals surface area (Å²) in [6, 6.07) is 0. The van der Waals surface area contributed by atoms with Crippen LogP contribution < -0.4 is 0 Å². The number of rotatable bonds is 67. The van der Waals surface area contributed by atoms with Crippen molar-refractivity contribution in [3.05, 3.63) is 72.9 Å². The molecule has 0 rings (SSSR count). The minimum Gasteiger partial charge on any atom is -0.462 e. The summed E-state index contributed by atoms with van der Waals surface area (Å²) in [5, 5.41) is 0. The number of hydrogen-bond acceptors (Lipinski definition) is 6. The molecular formula is C77H138O6. The van der Waals surface area contributed by atoms with Crippen LogP contribution in [-0.2, 0) is 28.6 Å². The topological polar surface area (TPSA) is 78.9 Å².